The van der Waals surface area contributed by atoms with Gasteiger partial charge in [-0.2, -0.15) is 4.80 Å². The van der Waals surface area contributed by atoms with Crippen molar-refractivity contribution < 1.29 is 0 Å². The number of aromatic nitrogens is 4. The van der Waals surface area contributed by atoms with Crippen LogP contribution in [0.25, 0.3) is 0 Å². The average Bonchev–Trinajstić information content (AvgIpc) is 2.13. The molecular weight excluding hydrogens is 132 g/mol. The van der Waals surface area contributed by atoms with Gasteiger partial charge in [-0.1, -0.05) is 0 Å². The van der Waals surface area contributed by atoms with Gasteiger partial charge in [0.1, 0.15) is 0 Å². The van der Waals surface area contributed by atoms with E-state index >= 15 is 0 Å². The SMILES string of the molecule is Cn1nnc(CC(=N)N)n1. The highest BCUT2D eigenvalue weighted by Gasteiger charge is 2.00. The van der Waals surface area contributed by atoms with Gasteiger partial charge in [0.05, 0.1) is 19.3 Å². The van der Waals surface area contributed by atoms with E-state index in [-0.39, 0.29) is 12.3 Å². The van der Waals surface area contributed by atoms with Crippen LogP contribution >= 0.6 is 0 Å². The van der Waals surface area contributed by atoms with E-state index in [2.05, 4.69) is 15.4 Å². The first-order chi connectivity index (χ1) is 4.68. The molecule has 6 nitrogen and oxygen atoms in total. The molecule has 0 atom stereocenters. The smallest absolute Gasteiger partial charge is 0.182 e. The first-order valence-corrected chi connectivity index (χ1v) is 2.74. The zero-order valence-corrected chi connectivity index (χ0v) is 5.57. The number of rotatable bonds is 2. The molecule has 0 aliphatic rings. The predicted molar refractivity (Wildman–Crippen MR) is 34.4 cm³/mol. The molecule has 0 saturated carbocycles. The number of amidine groups is 1. The standard InChI is InChI=1S/C4H8N6/c1-10-8-4(7-9-10)2-3(5)6/h2H2,1H3,(H3,5,6). The molecule has 54 valence electrons. The minimum absolute atomic E-state index is 0.0491. The molecule has 0 saturated heterocycles. The van der Waals surface area contributed by atoms with E-state index in [9.17, 15) is 0 Å². The maximum Gasteiger partial charge on any atom is 0.182 e. The van der Waals surface area contributed by atoms with Crippen LogP contribution in [-0.2, 0) is 13.5 Å². The van der Waals surface area contributed by atoms with Gasteiger partial charge < -0.3 is 5.73 Å². The summed E-state index contributed by atoms with van der Waals surface area (Å²) in [4.78, 5) is 1.33. The Kier molecular flexibility index (Phi) is 1.61. The van der Waals surface area contributed by atoms with Crippen LogP contribution < -0.4 is 5.73 Å². The number of nitrogens with zero attached hydrogens (tertiary/aromatic N) is 4. The van der Waals surface area contributed by atoms with Crippen molar-refractivity contribution in [2.75, 3.05) is 0 Å². The number of aryl methyl sites for hydroxylation is 1. The number of nitrogens with two attached hydrogens (primary N) is 1. The Bertz CT molecular complexity index is 238. The summed E-state index contributed by atoms with van der Waals surface area (Å²) in [6.07, 6.45) is 0.272. The van der Waals surface area contributed by atoms with Gasteiger partial charge in [0.25, 0.3) is 0 Å². The molecule has 0 amide bonds. The Morgan fingerprint density at radius 1 is 1.80 bits per heavy atom. The summed E-state index contributed by atoms with van der Waals surface area (Å²) in [5.41, 5.74) is 5.10. The highest BCUT2D eigenvalue weighted by Crippen LogP contribution is 1.84. The molecule has 0 radical (unpaired) electrons. The van der Waals surface area contributed by atoms with E-state index in [4.69, 9.17) is 11.1 Å². The summed E-state index contributed by atoms with van der Waals surface area (Å²) in [7, 11) is 1.66. The lowest BCUT2D eigenvalue weighted by atomic mass is 10.4. The summed E-state index contributed by atoms with van der Waals surface area (Å²) in [5, 5.41) is 17.9. The van der Waals surface area contributed by atoms with Crippen LogP contribution in [0.3, 0.4) is 0 Å². The zero-order chi connectivity index (χ0) is 7.56. The molecule has 10 heavy (non-hydrogen) atoms. The highest BCUT2D eigenvalue weighted by atomic mass is 15.6. The first kappa shape index (κ1) is 6.66. The largest absolute Gasteiger partial charge is 0.387 e. The van der Waals surface area contributed by atoms with Crippen LogP contribution in [0.2, 0.25) is 0 Å². The van der Waals surface area contributed by atoms with Crippen molar-refractivity contribution in [2.45, 2.75) is 6.42 Å². The molecule has 3 N–H and O–H groups in total. The first-order valence-electron chi connectivity index (χ1n) is 2.74. The molecule has 1 rings (SSSR count). The van der Waals surface area contributed by atoms with Crippen LogP contribution in [0.1, 0.15) is 5.82 Å². The fourth-order valence-corrected chi connectivity index (χ4v) is 0.564. The molecular formula is C4H8N6. The lowest BCUT2D eigenvalue weighted by Crippen LogP contribution is -2.13. The van der Waals surface area contributed by atoms with Crippen LogP contribution in [0.4, 0.5) is 0 Å². The van der Waals surface area contributed by atoms with Gasteiger partial charge in [0.15, 0.2) is 5.82 Å². The third-order valence-corrected chi connectivity index (χ3v) is 0.898. The van der Waals surface area contributed by atoms with Crippen LogP contribution in [0.5, 0.6) is 0 Å². The molecule has 0 unspecified atom stereocenters. The summed E-state index contributed by atoms with van der Waals surface area (Å²) in [6.45, 7) is 0. The molecule has 0 bridgehead atoms. The van der Waals surface area contributed by atoms with Crippen molar-refractivity contribution >= 4 is 5.84 Å². The van der Waals surface area contributed by atoms with Gasteiger partial charge in [0, 0.05) is 0 Å². The second-order valence-electron chi connectivity index (χ2n) is 1.90. The van der Waals surface area contributed by atoms with Crippen molar-refractivity contribution in [1.82, 2.24) is 20.2 Å². The summed E-state index contributed by atoms with van der Waals surface area (Å²) < 4.78 is 0. The lowest BCUT2D eigenvalue weighted by molar-refractivity contribution is 0.628. The summed E-state index contributed by atoms with van der Waals surface area (Å²) in [5.74, 6) is 0.531. The number of hydrogen-bond donors (Lipinski definition) is 2. The quantitative estimate of drug-likeness (QED) is 0.394. The molecule has 1 aromatic heterocycles. The molecule has 0 aromatic carbocycles. The Morgan fingerprint density at radius 3 is 2.90 bits per heavy atom. The van der Waals surface area contributed by atoms with E-state index in [0.29, 0.717) is 5.82 Å². The monoisotopic (exact) mass is 140 g/mol. The van der Waals surface area contributed by atoms with E-state index in [1.807, 2.05) is 0 Å². The summed E-state index contributed by atoms with van der Waals surface area (Å²) >= 11 is 0. The van der Waals surface area contributed by atoms with Crippen molar-refractivity contribution in [3.63, 3.8) is 0 Å². The van der Waals surface area contributed by atoms with Gasteiger partial charge in [-0.3, -0.25) is 5.41 Å². The van der Waals surface area contributed by atoms with Crippen LogP contribution in [0.15, 0.2) is 0 Å². The van der Waals surface area contributed by atoms with E-state index in [1.54, 1.807) is 7.05 Å². The molecule has 1 heterocycles. The van der Waals surface area contributed by atoms with E-state index in [0.717, 1.165) is 0 Å². The Labute approximate surface area is 57.5 Å². The maximum atomic E-state index is 6.90. The Balaban J connectivity index is 2.67. The molecule has 6 heteroatoms. The van der Waals surface area contributed by atoms with E-state index < -0.39 is 0 Å². The third kappa shape index (κ3) is 1.51. The maximum absolute atomic E-state index is 6.90. The second-order valence-corrected chi connectivity index (χ2v) is 1.90. The number of hydrogen-bond acceptors (Lipinski definition) is 4. The minimum atomic E-state index is 0.0491. The fourth-order valence-electron chi connectivity index (χ4n) is 0.564. The molecule has 0 aliphatic heterocycles. The van der Waals surface area contributed by atoms with Gasteiger partial charge in [-0.15, -0.1) is 10.2 Å². The van der Waals surface area contributed by atoms with E-state index in [1.165, 1.54) is 4.80 Å². The Hall–Kier alpha value is -1.46. The zero-order valence-electron chi connectivity index (χ0n) is 5.57. The van der Waals surface area contributed by atoms with Gasteiger partial charge >= 0.3 is 0 Å². The van der Waals surface area contributed by atoms with Crippen LogP contribution in [0, 0.1) is 5.41 Å². The number of nitrogens with one attached hydrogen (secondary N) is 1. The van der Waals surface area contributed by atoms with Crippen LogP contribution in [-0.4, -0.2) is 26.0 Å². The van der Waals surface area contributed by atoms with Gasteiger partial charge in [-0.05, 0) is 5.21 Å². The number of tetrazole rings is 1. The Morgan fingerprint density at radius 2 is 2.50 bits per heavy atom. The topological polar surface area (TPSA) is 93.5 Å². The normalized spacial score (nSPS) is 9.70. The van der Waals surface area contributed by atoms with Crippen molar-refractivity contribution in [3.05, 3.63) is 5.82 Å². The average molecular weight is 140 g/mol. The molecule has 0 fully saturated rings. The van der Waals surface area contributed by atoms with Gasteiger partial charge in [-0.25, -0.2) is 0 Å². The lowest BCUT2D eigenvalue weighted by Gasteiger charge is -1.87. The third-order valence-electron chi connectivity index (χ3n) is 0.898. The fraction of sp³-hybridized carbons (Fsp3) is 0.500. The predicted octanol–water partition coefficient (Wildman–Crippen LogP) is -1.31. The second kappa shape index (κ2) is 2.42. The summed E-state index contributed by atoms with van der Waals surface area (Å²) in [6, 6.07) is 0. The van der Waals surface area contributed by atoms with Crippen molar-refractivity contribution in [3.8, 4) is 0 Å². The van der Waals surface area contributed by atoms with Crippen molar-refractivity contribution in [1.29, 1.82) is 5.41 Å². The minimum Gasteiger partial charge on any atom is -0.387 e. The van der Waals surface area contributed by atoms with Gasteiger partial charge in [0.2, 0.25) is 0 Å². The molecule has 0 aliphatic carbocycles. The molecule has 0 spiro atoms. The highest BCUT2D eigenvalue weighted by molar-refractivity contribution is 5.78. The van der Waals surface area contributed by atoms with Crippen molar-refractivity contribution in [2.24, 2.45) is 12.8 Å². The molecule has 1 aromatic rings.